The van der Waals surface area contributed by atoms with E-state index >= 15 is 0 Å². The third-order valence-corrected chi connectivity index (χ3v) is 4.14. The molecule has 0 saturated heterocycles. The maximum absolute atomic E-state index is 10.8. The molecule has 16 heavy (non-hydrogen) atoms. The van der Waals surface area contributed by atoms with Crippen molar-refractivity contribution < 1.29 is 28.4 Å². The van der Waals surface area contributed by atoms with Crippen LogP contribution in [0.3, 0.4) is 0 Å². The molecule has 0 radical (unpaired) electrons. The van der Waals surface area contributed by atoms with Gasteiger partial charge in [0.15, 0.2) is 0 Å². The molecule has 0 atom stereocenters. The van der Waals surface area contributed by atoms with Gasteiger partial charge in [-0.25, -0.2) is 0 Å². The maximum atomic E-state index is 10.8. The largest absolute Gasteiger partial charge is 2.00 e. The van der Waals surface area contributed by atoms with E-state index in [-0.39, 0.29) is 31.7 Å². The molecule has 0 aliphatic heterocycles. The van der Waals surface area contributed by atoms with Crippen molar-refractivity contribution in [2.45, 2.75) is 6.92 Å². The van der Waals surface area contributed by atoms with Crippen molar-refractivity contribution in [2.75, 3.05) is 0 Å². The molecule has 0 fully saturated rings. The average molecular weight is 279 g/mol. The summed E-state index contributed by atoms with van der Waals surface area (Å²) in [7, 11) is -10.3. The van der Waals surface area contributed by atoms with Gasteiger partial charge < -0.3 is 7.04 Å². The van der Waals surface area contributed by atoms with Crippen LogP contribution >= 0.6 is 0 Å². The van der Waals surface area contributed by atoms with E-state index in [9.17, 15) is 16.8 Å². The first-order valence-corrected chi connectivity index (χ1v) is 7.07. The van der Waals surface area contributed by atoms with E-state index in [0.717, 1.165) is 5.56 Å². The van der Waals surface area contributed by atoms with Gasteiger partial charge in [0.25, 0.3) is 0 Å². The van der Waals surface area contributed by atoms with Crippen LogP contribution in [0.5, 0.6) is 5.75 Å². The molecule has 0 saturated carbocycles. The molecular weight excluding hydrogens is 269 g/mol. The third kappa shape index (κ3) is 3.90. The molecule has 1 aromatic carbocycles. The standard InChI is InChI=1S/C7H8O6S2.Mg.2H/c1-6-2-4-7(5-3-6)13-15(11,12)14(8,9)10;;;/h2-5H,1H3,(H,8,9,10);;;/q;+2;2*-1. The Kier molecular flexibility index (Phi) is 5.20. The van der Waals surface area contributed by atoms with Crippen LogP contribution in [0, 0.1) is 6.92 Å². The van der Waals surface area contributed by atoms with Gasteiger partial charge in [-0.3, -0.25) is 4.55 Å². The van der Waals surface area contributed by atoms with Gasteiger partial charge in [0.2, 0.25) is 0 Å². The van der Waals surface area contributed by atoms with Crippen molar-refractivity contribution in [3.8, 4) is 5.75 Å². The molecule has 0 aliphatic rings. The Morgan fingerprint density at radius 2 is 1.56 bits per heavy atom. The zero-order valence-corrected chi connectivity index (χ0v) is 11.4. The van der Waals surface area contributed by atoms with Crippen LogP contribution in [0.15, 0.2) is 24.3 Å². The van der Waals surface area contributed by atoms with E-state index in [1.807, 2.05) is 0 Å². The number of hydrogen-bond acceptors (Lipinski definition) is 5. The molecule has 0 spiro atoms. The molecule has 88 valence electrons. The van der Waals surface area contributed by atoms with E-state index in [0.29, 0.717) is 0 Å². The van der Waals surface area contributed by atoms with Crippen molar-refractivity contribution in [1.29, 1.82) is 0 Å². The van der Waals surface area contributed by atoms with Crippen LogP contribution in [0.1, 0.15) is 8.42 Å². The summed E-state index contributed by atoms with van der Waals surface area (Å²) in [5, 5.41) is 0. The molecular formula is C7H10MgO6S2. The van der Waals surface area contributed by atoms with Gasteiger partial charge >= 0.3 is 41.4 Å². The molecule has 1 N–H and O–H groups in total. The van der Waals surface area contributed by atoms with Crippen LogP contribution < -0.4 is 4.18 Å². The minimum absolute atomic E-state index is 0. The van der Waals surface area contributed by atoms with Gasteiger partial charge in [0.05, 0.1) is 0 Å². The van der Waals surface area contributed by atoms with E-state index in [2.05, 4.69) is 4.18 Å². The molecule has 1 rings (SSSR count). The molecule has 0 aliphatic carbocycles. The molecule has 6 nitrogen and oxygen atoms in total. The predicted octanol–water partition coefficient (Wildman–Crippen LogP) is 0.351. The van der Waals surface area contributed by atoms with Crippen molar-refractivity contribution in [1.82, 2.24) is 0 Å². The Morgan fingerprint density at radius 1 is 1.12 bits per heavy atom. The van der Waals surface area contributed by atoms with Gasteiger partial charge in [-0.05, 0) is 19.1 Å². The average Bonchev–Trinajstić information content (AvgIpc) is 2.06. The molecule has 1 aromatic rings. The summed E-state index contributed by atoms with van der Waals surface area (Å²) in [6, 6.07) is 5.62. The first-order valence-electron chi connectivity index (χ1n) is 3.71. The van der Waals surface area contributed by atoms with Crippen molar-refractivity contribution in [3.05, 3.63) is 29.8 Å². The van der Waals surface area contributed by atoms with Gasteiger partial charge in [-0.1, -0.05) is 17.7 Å². The Labute approximate surface area is 112 Å². The van der Waals surface area contributed by atoms with Gasteiger partial charge in [0.1, 0.15) is 5.75 Å². The summed E-state index contributed by atoms with van der Waals surface area (Å²) in [6.07, 6.45) is 0. The first-order chi connectivity index (χ1) is 6.72. The minimum Gasteiger partial charge on any atom is -1.00 e. The van der Waals surface area contributed by atoms with E-state index in [1.165, 1.54) is 24.3 Å². The molecule has 0 heterocycles. The third-order valence-electron chi connectivity index (χ3n) is 1.48. The van der Waals surface area contributed by atoms with E-state index in [4.69, 9.17) is 4.55 Å². The minimum atomic E-state index is -5.26. The second-order valence-electron chi connectivity index (χ2n) is 2.73. The Morgan fingerprint density at radius 3 is 1.94 bits per heavy atom. The topological polar surface area (TPSA) is 97.7 Å². The first kappa shape index (κ1) is 15.6. The van der Waals surface area contributed by atoms with Crippen molar-refractivity contribution in [2.24, 2.45) is 0 Å². The summed E-state index contributed by atoms with van der Waals surface area (Å²) < 4.78 is 54.9. The Hall–Kier alpha value is -0.354. The molecule has 9 heteroatoms. The second-order valence-corrected chi connectivity index (χ2v) is 7.06. The number of hydrogen-bond donors (Lipinski definition) is 1. The fraction of sp³-hybridized carbons (Fsp3) is 0.143. The zero-order chi connectivity index (χ0) is 11.7. The van der Waals surface area contributed by atoms with Gasteiger partial charge in [-0.15, -0.1) is 0 Å². The fourth-order valence-corrected chi connectivity index (χ4v) is 1.68. The SMILES string of the molecule is Cc1ccc(OS(=O)(=O)S(=O)(=O)O)cc1.[H-].[H-].[Mg+2]. The fourth-order valence-electron chi connectivity index (χ4n) is 0.755. The van der Waals surface area contributed by atoms with Crippen LogP contribution in [-0.2, 0) is 18.3 Å². The summed E-state index contributed by atoms with van der Waals surface area (Å²) >= 11 is 0. The molecule has 0 amide bonds. The number of benzene rings is 1. The van der Waals surface area contributed by atoms with E-state index < -0.39 is 18.3 Å². The zero-order valence-electron chi connectivity index (χ0n) is 10.3. The molecule has 0 bridgehead atoms. The number of aryl methyl sites for hydroxylation is 1. The van der Waals surface area contributed by atoms with E-state index in [1.54, 1.807) is 6.92 Å². The number of rotatable bonds is 3. The van der Waals surface area contributed by atoms with Gasteiger partial charge in [-0.2, -0.15) is 16.8 Å². The molecule has 0 unspecified atom stereocenters. The monoisotopic (exact) mass is 278 g/mol. The Balaban J connectivity index is -0.000000750. The van der Waals surface area contributed by atoms with Crippen molar-refractivity contribution in [3.63, 3.8) is 0 Å². The Bertz CT molecular complexity index is 554. The van der Waals surface area contributed by atoms with Crippen molar-refractivity contribution >= 4 is 41.4 Å². The second kappa shape index (κ2) is 5.32. The van der Waals surface area contributed by atoms with Crippen LogP contribution in [0.4, 0.5) is 0 Å². The van der Waals surface area contributed by atoms with Gasteiger partial charge in [0, 0.05) is 0 Å². The van der Waals surface area contributed by atoms with Crippen LogP contribution in [0.2, 0.25) is 0 Å². The smallest absolute Gasteiger partial charge is 1.00 e. The normalized spacial score (nSPS) is 11.6. The summed E-state index contributed by atoms with van der Waals surface area (Å²) in [6.45, 7) is 1.76. The van der Waals surface area contributed by atoms with Crippen LogP contribution in [0.25, 0.3) is 0 Å². The predicted molar refractivity (Wildman–Crippen MR) is 60.3 cm³/mol. The summed E-state index contributed by atoms with van der Waals surface area (Å²) in [5.74, 6) is -0.182. The maximum Gasteiger partial charge on any atom is 2.00 e. The summed E-state index contributed by atoms with van der Waals surface area (Å²) in [5.41, 5.74) is 0.853. The molecule has 0 aromatic heterocycles. The quantitative estimate of drug-likeness (QED) is 0.487. The summed E-state index contributed by atoms with van der Waals surface area (Å²) in [4.78, 5) is 0. The van der Waals surface area contributed by atoms with Crippen LogP contribution in [-0.4, -0.2) is 44.4 Å².